The molecular formula is C25H19F3O5. The molecule has 4 rings (SSSR count). The van der Waals surface area contributed by atoms with Gasteiger partial charge in [-0.2, -0.15) is 13.2 Å². The highest BCUT2D eigenvalue weighted by atomic mass is 19.4. The van der Waals surface area contributed by atoms with Gasteiger partial charge in [-0.1, -0.05) is 18.2 Å². The summed E-state index contributed by atoms with van der Waals surface area (Å²) in [6, 6.07) is 14.8. The molecule has 0 N–H and O–H groups in total. The zero-order chi connectivity index (χ0) is 23.4. The maximum atomic E-state index is 12.9. The summed E-state index contributed by atoms with van der Waals surface area (Å²) < 4.78 is 60.2. The summed E-state index contributed by atoms with van der Waals surface area (Å²) in [4.78, 5) is 12.5. The first-order valence-electron chi connectivity index (χ1n) is 9.92. The Morgan fingerprint density at radius 2 is 1.85 bits per heavy atom. The van der Waals surface area contributed by atoms with Gasteiger partial charge in [-0.05, 0) is 60.2 Å². The molecule has 0 atom stereocenters. The Morgan fingerprint density at radius 1 is 1.03 bits per heavy atom. The first-order chi connectivity index (χ1) is 15.8. The molecule has 0 unspecified atom stereocenters. The van der Waals surface area contributed by atoms with Crippen LogP contribution in [0.3, 0.4) is 0 Å². The lowest BCUT2D eigenvalue weighted by molar-refractivity contribution is -0.137. The Kier molecular flexibility index (Phi) is 6.26. The lowest BCUT2D eigenvalue weighted by Crippen LogP contribution is -2.05. The quantitative estimate of drug-likeness (QED) is 0.326. The van der Waals surface area contributed by atoms with Crippen molar-refractivity contribution in [2.75, 3.05) is 13.9 Å². The molecule has 0 aliphatic carbocycles. The number of hydrogen-bond acceptors (Lipinski definition) is 5. The van der Waals surface area contributed by atoms with Crippen molar-refractivity contribution in [3.8, 4) is 23.0 Å². The van der Waals surface area contributed by atoms with Crippen molar-refractivity contribution in [2.45, 2.75) is 12.8 Å². The molecule has 5 nitrogen and oxygen atoms in total. The van der Waals surface area contributed by atoms with Gasteiger partial charge in [0.15, 0.2) is 17.3 Å². The number of carbonyl (C=O) groups is 1. The molecule has 0 radical (unpaired) electrons. The number of halogens is 3. The van der Waals surface area contributed by atoms with Crippen molar-refractivity contribution in [1.82, 2.24) is 0 Å². The number of rotatable bonds is 7. The molecule has 8 heteroatoms. The van der Waals surface area contributed by atoms with Crippen LogP contribution < -0.4 is 18.9 Å². The van der Waals surface area contributed by atoms with Crippen LogP contribution in [0.1, 0.15) is 27.0 Å². The molecule has 0 aromatic heterocycles. The van der Waals surface area contributed by atoms with Crippen LogP contribution >= 0.6 is 0 Å². The van der Waals surface area contributed by atoms with E-state index in [0.717, 1.165) is 12.1 Å². The Morgan fingerprint density at radius 3 is 2.64 bits per heavy atom. The first-order valence-corrected chi connectivity index (χ1v) is 9.92. The number of hydrogen-bond donors (Lipinski definition) is 0. The molecule has 33 heavy (non-hydrogen) atoms. The number of ketones is 1. The summed E-state index contributed by atoms with van der Waals surface area (Å²) in [5.74, 6) is 1.50. The molecule has 1 aliphatic rings. The molecule has 3 aromatic carbocycles. The fraction of sp³-hybridized carbons (Fsp3) is 0.160. The summed E-state index contributed by atoms with van der Waals surface area (Å²) >= 11 is 0. The summed E-state index contributed by atoms with van der Waals surface area (Å²) in [5, 5.41) is 0. The topological polar surface area (TPSA) is 54.0 Å². The molecule has 1 heterocycles. The van der Waals surface area contributed by atoms with Gasteiger partial charge < -0.3 is 18.9 Å². The van der Waals surface area contributed by atoms with Crippen LogP contribution in [0.4, 0.5) is 13.2 Å². The maximum absolute atomic E-state index is 12.9. The third-order valence-corrected chi connectivity index (χ3v) is 4.94. The number of ether oxygens (including phenoxy) is 4. The number of carbonyl (C=O) groups excluding carboxylic acids is 1. The van der Waals surface area contributed by atoms with Gasteiger partial charge in [0, 0.05) is 11.1 Å². The minimum Gasteiger partial charge on any atom is -0.496 e. The van der Waals surface area contributed by atoms with Crippen LogP contribution in [0.2, 0.25) is 0 Å². The van der Waals surface area contributed by atoms with Gasteiger partial charge in [0.1, 0.15) is 18.1 Å². The van der Waals surface area contributed by atoms with E-state index >= 15 is 0 Å². The third-order valence-electron chi connectivity index (χ3n) is 4.94. The van der Waals surface area contributed by atoms with Crippen molar-refractivity contribution in [3.05, 3.63) is 89.0 Å². The molecule has 1 aliphatic heterocycles. The van der Waals surface area contributed by atoms with E-state index in [4.69, 9.17) is 18.9 Å². The molecule has 0 spiro atoms. The Bertz CT molecular complexity index is 1200. The number of fused-ring (bicyclic) bond motifs is 1. The zero-order valence-corrected chi connectivity index (χ0v) is 17.5. The minimum absolute atomic E-state index is 0.0116. The predicted molar refractivity (Wildman–Crippen MR) is 115 cm³/mol. The van der Waals surface area contributed by atoms with Crippen molar-refractivity contribution < 1.29 is 36.9 Å². The first kappa shape index (κ1) is 22.3. The van der Waals surface area contributed by atoms with E-state index in [2.05, 4.69) is 0 Å². The largest absolute Gasteiger partial charge is 0.496 e. The van der Waals surface area contributed by atoms with E-state index < -0.39 is 11.7 Å². The Balaban J connectivity index is 1.48. The van der Waals surface area contributed by atoms with Crippen LogP contribution in [-0.4, -0.2) is 19.7 Å². The number of methoxy groups -OCH3 is 1. The lowest BCUT2D eigenvalue weighted by atomic mass is 10.1. The van der Waals surface area contributed by atoms with Crippen molar-refractivity contribution in [3.63, 3.8) is 0 Å². The van der Waals surface area contributed by atoms with Crippen LogP contribution in [0.25, 0.3) is 6.08 Å². The van der Waals surface area contributed by atoms with Crippen LogP contribution in [-0.2, 0) is 12.8 Å². The Labute approximate surface area is 188 Å². The highest BCUT2D eigenvalue weighted by Crippen LogP contribution is 2.33. The maximum Gasteiger partial charge on any atom is 0.416 e. The molecule has 0 bridgehead atoms. The van der Waals surface area contributed by atoms with E-state index in [1.54, 1.807) is 42.5 Å². The summed E-state index contributed by atoms with van der Waals surface area (Å²) in [7, 11) is 1.49. The molecule has 170 valence electrons. The van der Waals surface area contributed by atoms with E-state index in [0.29, 0.717) is 33.9 Å². The second kappa shape index (κ2) is 9.28. The lowest BCUT2D eigenvalue weighted by Gasteiger charge is -2.13. The average molecular weight is 456 g/mol. The van der Waals surface area contributed by atoms with Gasteiger partial charge in [-0.3, -0.25) is 4.79 Å². The van der Waals surface area contributed by atoms with Gasteiger partial charge in [-0.15, -0.1) is 0 Å². The SMILES string of the molecule is COc1ccc(/C=C/C(=O)c2ccc3c(c2)OCO3)cc1COc1cccc(C(F)(F)F)c1. The van der Waals surface area contributed by atoms with E-state index in [1.165, 1.54) is 25.3 Å². The molecule has 3 aromatic rings. The second-order valence-electron chi connectivity index (χ2n) is 7.15. The van der Waals surface area contributed by atoms with Crippen molar-refractivity contribution >= 4 is 11.9 Å². The smallest absolute Gasteiger partial charge is 0.416 e. The van der Waals surface area contributed by atoms with Crippen molar-refractivity contribution in [1.29, 1.82) is 0 Å². The van der Waals surface area contributed by atoms with Crippen LogP contribution in [0.5, 0.6) is 23.0 Å². The summed E-state index contributed by atoms with van der Waals surface area (Å²) in [6.45, 7) is 0.113. The number of benzene rings is 3. The highest BCUT2D eigenvalue weighted by molar-refractivity contribution is 6.07. The highest BCUT2D eigenvalue weighted by Gasteiger charge is 2.30. The van der Waals surface area contributed by atoms with Gasteiger partial charge in [0.25, 0.3) is 0 Å². The van der Waals surface area contributed by atoms with Gasteiger partial charge in [0.05, 0.1) is 12.7 Å². The van der Waals surface area contributed by atoms with Crippen molar-refractivity contribution in [2.24, 2.45) is 0 Å². The third kappa shape index (κ3) is 5.28. The van der Waals surface area contributed by atoms with E-state index in [-0.39, 0.29) is 24.9 Å². The summed E-state index contributed by atoms with van der Waals surface area (Å²) in [5.41, 5.74) is 0.989. The second-order valence-corrected chi connectivity index (χ2v) is 7.15. The molecule has 0 saturated carbocycles. The zero-order valence-electron chi connectivity index (χ0n) is 17.5. The molecular weight excluding hydrogens is 437 g/mol. The van der Waals surface area contributed by atoms with E-state index in [1.807, 2.05) is 0 Å². The molecule has 0 amide bonds. The van der Waals surface area contributed by atoms with Gasteiger partial charge in [-0.25, -0.2) is 0 Å². The molecule has 0 saturated heterocycles. The summed E-state index contributed by atoms with van der Waals surface area (Å²) in [6.07, 6.45) is -1.39. The standard InChI is InChI=1S/C25H19F3O5/c1-30-22-9-6-16(5-8-21(29)17-7-10-23-24(12-17)33-15-32-23)11-18(22)14-31-20-4-2-3-19(13-20)25(26,27)28/h2-13H,14-15H2,1H3/b8-5+. The number of allylic oxidation sites excluding steroid dienone is 1. The minimum atomic E-state index is -4.45. The average Bonchev–Trinajstić information content (AvgIpc) is 3.29. The van der Waals surface area contributed by atoms with Gasteiger partial charge in [0.2, 0.25) is 6.79 Å². The monoisotopic (exact) mass is 456 g/mol. The Hall–Kier alpha value is -3.94. The van der Waals surface area contributed by atoms with E-state index in [9.17, 15) is 18.0 Å². The normalized spacial score (nSPS) is 12.7. The number of alkyl halides is 3. The molecule has 0 fully saturated rings. The fourth-order valence-corrected chi connectivity index (χ4v) is 3.26. The fourth-order valence-electron chi connectivity index (χ4n) is 3.26. The van der Waals surface area contributed by atoms with Gasteiger partial charge >= 0.3 is 6.18 Å². The van der Waals surface area contributed by atoms with Crippen LogP contribution in [0.15, 0.2) is 66.7 Å². The van der Waals surface area contributed by atoms with Crippen LogP contribution in [0, 0.1) is 0 Å². The predicted octanol–water partition coefficient (Wildman–Crippen LogP) is 5.92.